The van der Waals surface area contributed by atoms with E-state index >= 15 is 0 Å². The molecule has 108 valence electrons. The summed E-state index contributed by atoms with van der Waals surface area (Å²) in [5, 5.41) is 15.3. The lowest BCUT2D eigenvalue weighted by Crippen LogP contribution is -2.33. The number of amidine groups is 1. The van der Waals surface area contributed by atoms with Crippen molar-refractivity contribution >= 4 is 29.1 Å². The maximum absolute atomic E-state index is 11.6. The highest BCUT2D eigenvalue weighted by Gasteiger charge is 2.04. The van der Waals surface area contributed by atoms with Crippen molar-refractivity contribution in [2.75, 3.05) is 10.6 Å². The molecule has 0 saturated carbocycles. The molecule has 4 N–H and O–H groups in total. The normalized spacial score (nSPS) is 9.70. The van der Waals surface area contributed by atoms with Gasteiger partial charge in [-0.05, 0) is 30.7 Å². The Bertz CT molecular complexity index is 482. The van der Waals surface area contributed by atoms with Gasteiger partial charge in [0, 0.05) is 24.7 Å². The summed E-state index contributed by atoms with van der Waals surface area (Å²) in [4.78, 5) is 22.5. The van der Waals surface area contributed by atoms with Gasteiger partial charge in [-0.15, -0.1) is 0 Å². The predicted molar refractivity (Wildman–Crippen MR) is 80.2 cm³/mol. The molecule has 0 aliphatic heterocycles. The van der Waals surface area contributed by atoms with Gasteiger partial charge in [0.1, 0.15) is 5.84 Å². The summed E-state index contributed by atoms with van der Waals surface area (Å²) in [7, 11) is 0. The third-order valence-corrected chi connectivity index (χ3v) is 2.51. The molecule has 0 aliphatic carbocycles. The molecule has 0 aromatic heterocycles. The minimum Gasteiger partial charge on any atom is -0.326 e. The molecule has 1 rings (SSSR count). The molecule has 6 nitrogen and oxygen atoms in total. The molecular weight excluding hydrogens is 256 g/mol. The van der Waals surface area contributed by atoms with E-state index in [9.17, 15) is 9.59 Å². The van der Waals surface area contributed by atoms with Gasteiger partial charge in [0.15, 0.2) is 0 Å². The lowest BCUT2D eigenvalue weighted by molar-refractivity contribution is -0.114. The number of nitrogens with one attached hydrogen (secondary N) is 4. The molecule has 3 amide bonds. The lowest BCUT2D eigenvalue weighted by Gasteiger charge is -2.09. The van der Waals surface area contributed by atoms with E-state index in [1.807, 2.05) is 6.92 Å². The third kappa shape index (κ3) is 5.99. The van der Waals surface area contributed by atoms with E-state index in [1.54, 1.807) is 24.3 Å². The van der Waals surface area contributed by atoms with E-state index in [0.29, 0.717) is 17.8 Å². The second kappa shape index (κ2) is 7.93. The smallest absolute Gasteiger partial charge is 0.324 e. The standard InChI is InChI=1S/C14H20N4O2/c1-3-4-5-13(15)18-14(20)17-12-8-6-11(7-9-12)16-10(2)19/h6-9H,3-5H2,1-2H3,(H,16,19)(H3,15,17,18,20). The minimum atomic E-state index is -0.432. The van der Waals surface area contributed by atoms with Crippen LogP contribution in [0.2, 0.25) is 0 Å². The summed E-state index contributed by atoms with van der Waals surface area (Å²) in [5.41, 5.74) is 1.26. The zero-order valence-electron chi connectivity index (χ0n) is 11.7. The van der Waals surface area contributed by atoms with Crippen LogP contribution < -0.4 is 16.0 Å². The van der Waals surface area contributed by atoms with E-state index in [1.165, 1.54) is 6.92 Å². The molecule has 1 aromatic carbocycles. The van der Waals surface area contributed by atoms with Gasteiger partial charge in [-0.25, -0.2) is 4.79 Å². The van der Waals surface area contributed by atoms with Crippen molar-refractivity contribution in [1.82, 2.24) is 5.32 Å². The van der Waals surface area contributed by atoms with Crippen molar-refractivity contribution in [3.05, 3.63) is 24.3 Å². The molecule has 0 radical (unpaired) electrons. The maximum atomic E-state index is 11.6. The van der Waals surface area contributed by atoms with Gasteiger partial charge in [-0.3, -0.25) is 15.5 Å². The van der Waals surface area contributed by atoms with Crippen LogP contribution >= 0.6 is 0 Å². The van der Waals surface area contributed by atoms with Crippen LogP contribution in [0.4, 0.5) is 16.2 Å². The first-order chi connectivity index (χ1) is 9.51. The highest BCUT2D eigenvalue weighted by molar-refractivity contribution is 6.02. The average Bonchev–Trinajstić information content (AvgIpc) is 2.38. The number of carbonyl (C=O) groups is 2. The number of urea groups is 1. The lowest BCUT2D eigenvalue weighted by atomic mass is 10.2. The molecule has 6 heteroatoms. The Morgan fingerprint density at radius 1 is 1.10 bits per heavy atom. The van der Waals surface area contributed by atoms with Crippen LogP contribution in [0.25, 0.3) is 0 Å². The molecule has 0 bridgehead atoms. The van der Waals surface area contributed by atoms with E-state index in [-0.39, 0.29) is 11.7 Å². The van der Waals surface area contributed by atoms with Crippen molar-refractivity contribution < 1.29 is 9.59 Å². The SMILES string of the molecule is CCCCC(=N)NC(=O)Nc1ccc(NC(C)=O)cc1. The monoisotopic (exact) mass is 276 g/mol. The van der Waals surface area contributed by atoms with E-state index in [2.05, 4.69) is 16.0 Å². The van der Waals surface area contributed by atoms with Gasteiger partial charge in [0.2, 0.25) is 5.91 Å². The molecule has 0 fully saturated rings. The Morgan fingerprint density at radius 2 is 1.65 bits per heavy atom. The average molecular weight is 276 g/mol. The van der Waals surface area contributed by atoms with Gasteiger partial charge in [-0.1, -0.05) is 13.3 Å². The van der Waals surface area contributed by atoms with Crippen molar-refractivity contribution in [2.24, 2.45) is 0 Å². The summed E-state index contributed by atoms with van der Waals surface area (Å²) >= 11 is 0. The fraction of sp³-hybridized carbons (Fsp3) is 0.357. The number of anilines is 2. The van der Waals surface area contributed by atoms with Crippen molar-refractivity contribution in [3.63, 3.8) is 0 Å². The first-order valence-corrected chi connectivity index (χ1v) is 6.54. The molecule has 1 aromatic rings. The third-order valence-electron chi connectivity index (χ3n) is 2.51. The number of benzene rings is 1. The van der Waals surface area contributed by atoms with Gasteiger partial charge >= 0.3 is 6.03 Å². The zero-order valence-corrected chi connectivity index (χ0v) is 11.7. The molecule has 0 unspecified atom stereocenters. The van der Waals surface area contributed by atoms with Gasteiger partial charge in [0.05, 0.1) is 0 Å². The second-order valence-corrected chi connectivity index (χ2v) is 4.42. The van der Waals surface area contributed by atoms with Crippen molar-refractivity contribution in [2.45, 2.75) is 33.1 Å². The largest absolute Gasteiger partial charge is 0.326 e. The van der Waals surface area contributed by atoms with E-state index in [0.717, 1.165) is 12.8 Å². The van der Waals surface area contributed by atoms with Gasteiger partial charge in [-0.2, -0.15) is 0 Å². The van der Waals surface area contributed by atoms with Crippen molar-refractivity contribution in [1.29, 1.82) is 5.41 Å². The van der Waals surface area contributed by atoms with Crippen LogP contribution in [0.1, 0.15) is 33.1 Å². The molecule has 0 heterocycles. The van der Waals surface area contributed by atoms with Crippen LogP contribution in [0.3, 0.4) is 0 Å². The van der Waals surface area contributed by atoms with Crippen LogP contribution in [0.15, 0.2) is 24.3 Å². The number of hydrogen-bond acceptors (Lipinski definition) is 3. The van der Waals surface area contributed by atoms with E-state index < -0.39 is 6.03 Å². The molecule has 0 atom stereocenters. The Balaban J connectivity index is 2.45. The minimum absolute atomic E-state index is 0.146. The van der Waals surface area contributed by atoms with Crippen LogP contribution in [-0.4, -0.2) is 17.8 Å². The van der Waals surface area contributed by atoms with E-state index in [4.69, 9.17) is 5.41 Å². The van der Waals surface area contributed by atoms with Crippen LogP contribution in [0, 0.1) is 5.41 Å². The number of amides is 3. The molecule has 0 aliphatic rings. The van der Waals surface area contributed by atoms with Gasteiger partial charge < -0.3 is 10.6 Å². The summed E-state index contributed by atoms with van der Waals surface area (Å²) in [6.45, 7) is 3.46. The number of hydrogen-bond donors (Lipinski definition) is 4. The maximum Gasteiger partial charge on any atom is 0.324 e. The quantitative estimate of drug-likeness (QED) is 0.491. The highest BCUT2D eigenvalue weighted by atomic mass is 16.2. The van der Waals surface area contributed by atoms with Gasteiger partial charge in [0.25, 0.3) is 0 Å². The Kier molecular flexibility index (Phi) is 6.22. The summed E-state index contributed by atoms with van der Waals surface area (Å²) in [6.07, 6.45) is 2.42. The fourth-order valence-corrected chi connectivity index (χ4v) is 1.56. The Hall–Kier alpha value is -2.37. The zero-order chi connectivity index (χ0) is 15.0. The number of unbranched alkanes of at least 4 members (excludes halogenated alkanes) is 1. The first-order valence-electron chi connectivity index (χ1n) is 6.54. The summed E-state index contributed by atoms with van der Waals surface area (Å²) in [5.74, 6) is 0.0621. The molecular formula is C14H20N4O2. The molecule has 0 spiro atoms. The topological polar surface area (TPSA) is 94.1 Å². The van der Waals surface area contributed by atoms with Crippen LogP contribution in [-0.2, 0) is 4.79 Å². The summed E-state index contributed by atoms with van der Waals surface area (Å²) in [6, 6.07) is 6.32. The molecule has 0 saturated heterocycles. The number of carbonyl (C=O) groups excluding carboxylic acids is 2. The first kappa shape index (κ1) is 15.7. The number of rotatable bonds is 5. The fourth-order valence-electron chi connectivity index (χ4n) is 1.56. The van der Waals surface area contributed by atoms with Crippen LogP contribution in [0.5, 0.6) is 0 Å². The summed E-state index contributed by atoms with van der Waals surface area (Å²) < 4.78 is 0. The highest BCUT2D eigenvalue weighted by Crippen LogP contribution is 2.13. The Morgan fingerprint density at radius 3 is 2.15 bits per heavy atom. The second-order valence-electron chi connectivity index (χ2n) is 4.42. The molecule has 20 heavy (non-hydrogen) atoms. The Labute approximate surface area is 118 Å². The van der Waals surface area contributed by atoms with Crippen molar-refractivity contribution in [3.8, 4) is 0 Å². The predicted octanol–water partition coefficient (Wildman–Crippen LogP) is 2.93.